The van der Waals surface area contributed by atoms with Gasteiger partial charge in [0, 0.05) is 23.5 Å². The van der Waals surface area contributed by atoms with Crippen LogP contribution in [0.1, 0.15) is 22.3 Å². The zero-order valence-electron chi connectivity index (χ0n) is 27.1. The van der Waals surface area contributed by atoms with Crippen LogP contribution in [0, 0.1) is 27.7 Å². The van der Waals surface area contributed by atoms with Crippen molar-refractivity contribution in [3.8, 4) is 45.3 Å². The Morgan fingerprint density at radius 2 is 0.771 bits per heavy atom. The lowest BCUT2D eigenvalue weighted by Crippen LogP contribution is -2.03. The molecule has 8 heteroatoms. The van der Waals surface area contributed by atoms with E-state index in [4.69, 9.17) is 23.4 Å². The molecule has 0 aliphatic heterocycles. The molecule has 0 saturated carbocycles. The number of pyridine rings is 2. The average molecular weight is 741 g/mol. The van der Waals surface area contributed by atoms with Crippen LogP contribution in [0.2, 0.25) is 0 Å². The fourth-order valence-electron chi connectivity index (χ4n) is 6.58. The summed E-state index contributed by atoms with van der Waals surface area (Å²) in [5.74, 6) is 1.76. The maximum absolute atomic E-state index is 6.97. The van der Waals surface area contributed by atoms with Crippen LogP contribution in [0.3, 0.4) is 0 Å². The summed E-state index contributed by atoms with van der Waals surface area (Å²) in [7, 11) is 0. The molecule has 4 heterocycles. The minimum atomic E-state index is 0.858. The third-order valence-electron chi connectivity index (χ3n) is 8.78. The second kappa shape index (κ2) is 13.1. The van der Waals surface area contributed by atoms with Crippen LogP contribution < -0.4 is 0 Å². The molecule has 0 aliphatic carbocycles. The molecule has 1 N–H and O–H groups in total. The van der Waals surface area contributed by atoms with Crippen LogP contribution in [0.4, 0.5) is 0 Å². The Labute approximate surface area is 293 Å². The number of aromatic nitrogens is 6. The summed E-state index contributed by atoms with van der Waals surface area (Å²) in [6, 6.07) is 38.0. The summed E-state index contributed by atoms with van der Waals surface area (Å²) < 4.78 is 11.4. The van der Waals surface area contributed by atoms with Crippen LogP contribution in [0.15, 0.2) is 122 Å². The van der Waals surface area contributed by atoms with Crippen LogP contribution in [-0.4, -0.2) is 32.5 Å². The summed E-state index contributed by atoms with van der Waals surface area (Å²) in [5.41, 5.74) is 14.8. The highest BCUT2D eigenvalue weighted by atomic mass is 127. The van der Waals surface area contributed by atoms with Crippen molar-refractivity contribution in [2.45, 2.75) is 27.7 Å². The monoisotopic (exact) mass is 740 g/mol. The summed E-state index contributed by atoms with van der Waals surface area (Å²) >= 11 is 1.15. The third-order valence-corrected chi connectivity index (χ3v) is 8.78. The van der Waals surface area contributed by atoms with Gasteiger partial charge in [-0.05, 0) is 85.3 Å². The minimum absolute atomic E-state index is 0.858. The van der Waals surface area contributed by atoms with Crippen molar-refractivity contribution in [1.29, 1.82) is 0 Å². The van der Waals surface area contributed by atoms with Crippen molar-refractivity contribution < 1.29 is 3.44 Å². The molecular weight excluding hydrogens is 707 g/mol. The molecular formula is C40H33IN6O. The summed E-state index contributed by atoms with van der Waals surface area (Å²) in [4.78, 5) is 19.5. The number of fused-ring (bicyclic) bond motifs is 2. The Balaban J connectivity index is 0.00000179. The molecule has 0 amide bonds. The largest absolute Gasteiger partial charge is 0.331 e. The van der Waals surface area contributed by atoms with Gasteiger partial charge >= 0.3 is 0 Å². The van der Waals surface area contributed by atoms with E-state index < -0.39 is 0 Å². The zero-order chi connectivity index (χ0) is 33.4. The van der Waals surface area contributed by atoms with Crippen LogP contribution in [-0.2, 0) is 0 Å². The summed E-state index contributed by atoms with van der Waals surface area (Å²) in [6.45, 7) is 8.56. The molecule has 0 aliphatic rings. The average Bonchev–Trinajstić information content (AvgIpc) is 3.69. The van der Waals surface area contributed by atoms with Gasteiger partial charge in [0.15, 0.2) is 11.3 Å². The summed E-state index contributed by atoms with van der Waals surface area (Å²) in [6.07, 6.45) is 3.66. The van der Waals surface area contributed by atoms with Gasteiger partial charge in [-0.25, -0.2) is 19.9 Å². The Morgan fingerprint density at radius 3 is 1.12 bits per heavy atom. The Morgan fingerprint density at radius 1 is 0.438 bits per heavy atom. The molecule has 0 radical (unpaired) electrons. The molecule has 8 rings (SSSR count). The first-order chi connectivity index (χ1) is 23.5. The minimum Gasteiger partial charge on any atom is -0.331 e. The van der Waals surface area contributed by atoms with Gasteiger partial charge in [-0.3, -0.25) is 9.13 Å². The molecule has 0 fully saturated rings. The van der Waals surface area contributed by atoms with Crippen LogP contribution in [0.25, 0.3) is 67.6 Å². The number of hydrogen-bond donors (Lipinski definition) is 1. The number of nitrogens with zero attached hydrogens (tertiary/aromatic N) is 6. The Kier molecular flexibility index (Phi) is 8.60. The van der Waals surface area contributed by atoms with Gasteiger partial charge in [0.25, 0.3) is 0 Å². The molecule has 8 aromatic rings. The second-order valence-electron chi connectivity index (χ2n) is 11.9. The standard InChI is InChI=1S/C40H32N6.HIO/c1-25-9-5-10-26(2)35(25)45-37(43-33-13-7-23-41-39(33)45)31-19-15-29(16-20-31)30-17-21-32(22-18-30)38-44-34-14-8-24-42-40(34)46(38)36-27(3)11-6-12-28(36)4;1-2/h5-24H,1-4H3;2H. The molecule has 4 aromatic heterocycles. The van der Waals surface area contributed by atoms with Crippen molar-refractivity contribution in [3.05, 3.63) is 144 Å². The first kappa shape index (κ1) is 31.4. The van der Waals surface area contributed by atoms with Crippen molar-refractivity contribution in [2.75, 3.05) is 0 Å². The summed E-state index contributed by atoms with van der Waals surface area (Å²) in [5, 5.41) is 0. The van der Waals surface area contributed by atoms with Gasteiger partial charge in [0.05, 0.1) is 11.4 Å². The van der Waals surface area contributed by atoms with Crippen molar-refractivity contribution >= 4 is 45.3 Å². The highest BCUT2D eigenvalue weighted by Gasteiger charge is 2.20. The smallest absolute Gasteiger partial charge is 0.164 e. The number of aryl methyl sites for hydroxylation is 4. The van der Waals surface area contributed by atoms with E-state index in [9.17, 15) is 0 Å². The maximum Gasteiger partial charge on any atom is 0.164 e. The molecule has 0 spiro atoms. The van der Waals surface area contributed by atoms with Crippen molar-refractivity contribution in [3.63, 3.8) is 0 Å². The molecule has 7 nitrogen and oxygen atoms in total. The second-order valence-corrected chi connectivity index (χ2v) is 11.9. The predicted octanol–water partition coefficient (Wildman–Crippen LogP) is 9.72. The predicted molar refractivity (Wildman–Crippen MR) is 203 cm³/mol. The van der Waals surface area contributed by atoms with E-state index in [2.05, 4.69) is 122 Å². The quantitative estimate of drug-likeness (QED) is 0.178. The van der Waals surface area contributed by atoms with E-state index in [0.717, 1.165) is 90.6 Å². The molecule has 0 saturated heterocycles. The molecule has 0 atom stereocenters. The Bertz CT molecular complexity index is 2200. The van der Waals surface area contributed by atoms with Gasteiger partial charge in [0.1, 0.15) is 45.7 Å². The van der Waals surface area contributed by atoms with Gasteiger partial charge in [0.2, 0.25) is 0 Å². The van der Waals surface area contributed by atoms with Crippen LogP contribution in [0.5, 0.6) is 0 Å². The lowest BCUT2D eigenvalue weighted by molar-refractivity contribution is 0.748. The van der Waals surface area contributed by atoms with Gasteiger partial charge < -0.3 is 3.44 Å². The molecule has 4 aromatic carbocycles. The maximum atomic E-state index is 6.97. The Hall–Kier alpha value is -5.19. The number of benzene rings is 4. The molecule has 0 bridgehead atoms. The number of rotatable bonds is 5. The molecule has 0 unspecified atom stereocenters. The zero-order valence-corrected chi connectivity index (χ0v) is 29.2. The highest BCUT2D eigenvalue weighted by molar-refractivity contribution is 14.1. The number of halogens is 1. The van der Waals surface area contributed by atoms with Gasteiger partial charge in [-0.1, -0.05) is 84.9 Å². The fraction of sp³-hybridized carbons (Fsp3) is 0.100. The van der Waals surface area contributed by atoms with Gasteiger partial charge in [-0.15, -0.1) is 0 Å². The lowest BCUT2D eigenvalue weighted by Gasteiger charge is -2.15. The molecule has 236 valence electrons. The van der Waals surface area contributed by atoms with E-state index in [-0.39, 0.29) is 0 Å². The topological polar surface area (TPSA) is 81.7 Å². The van der Waals surface area contributed by atoms with Gasteiger partial charge in [-0.2, -0.15) is 0 Å². The normalized spacial score (nSPS) is 11.1. The highest BCUT2D eigenvalue weighted by Crippen LogP contribution is 2.34. The van der Waals surface area contributed by atoms with E-state index in [1.165, 1.54) is 22.3 Å². The van der Waals surface area contributed by atoms with Crippen molar-refractivity contribution in [1.82, 2.24) is 29.1 Å². The first-order valence-corrected chi connectivity index (χ1v) is 16.6. The van der Waals surface area contributed by atoms with E-state index >= 15 is 0 Å². The van der Waals surface area contributed by atoms with E-state index in [1.54, 1.807) is 0 Å². The van der Waals surface area contributed by atoms with Crippen LogP contribution >= 0.6 is 23.0 Å². The fourth-order valence-corrected chi connectivity index (χ4v) is 6.58. The number of hydrogen-bond acceptors (Lipinski definition) is 5. The van der Waals surface area contributed by atoms with E-state index in [1.807, 2.05) is 36.7 Å². The molecule has 48 heavy (non-hydrogen) atoms. The lowest BCUT2D eigenvalue weighted by atomic mass is 10.0. The SMILES string of the molecule is Cc1cccc(C)c1-n1c(-c2ccc(-c3ccc(-c4nc5cccnc5n4-c4c(C)cccc4C)cc3)cc2)nc2cccnc21.OI. The van der Waals surface area contributed by atoms with Crippen molar-refractivity contribution in [2.24, 2.45) is 0 Å². The number of para-hydroxylation sites is 2. The third kappa shape index (κ3) is 5.46. The van der Waals surface area contributed by atoms with E-state index in [0.29, 0.717) is 0 Å². The first-order valence-electron chi connectivity index (χ1n) is 15.7. The number of imidazole rings is 2.